The van der Waals surface area contributed by atoms with E-state index in [1.165, 1.54) is 6.07 Å². The molecule has 0 fully saturated rings. The van der Waals surface area contributed by atoms with Crippen LogP contribution in [-0.2, 0) is 6.42 Å². The minimum Gasteiger partial charge on any atom is -0.490 e. The van der Waals surface area contributed by atoms with Crippen LogP contribution in [0.1, 0.15) is 17.0 Å². The molecule has 0 aliphatic carbocycles. The van der Waals surface area contributed by atoms with E-state index in [4.69, 9.17) is 4.74 Å². The number of ether oxygens (including phenoxy) is 1. The molecule has 17 heavy (non-hydrogen) atoms. The summed E-state index contributed by atoms with van der Waals surface area (Å²) < 4.78 is 18.7. The maximum Gasteiger partial charge on any atom is 0.165 e. The first-order valence-corrected chi connectivity index (χ1v) is 5.56. The molecule has 0 aliphatic heterocycles. The summed E-state index contributed by atoms with van der Waals surface area (Å²) in [4.78, 5) is 0. The maximum atomic E-state index is 13.3. The Morgan fingerprint density at radius 2 is 2.06 bits per heavy atom. The second kappa shape index (κ2) is 4.99. The monoisotopic (exact) mass is 234 g/mol. The van der Waals surface area contributed by atoms with E-state index in [1.54, 1.807) is 18.2 Å². The summed E-state index contributed by atoms with van der Waals surface area (Å²) in [5.41, 5.74) is 3.15. The van der Waals surface area contributed by atoms with Crippen molar-refractivity contribution >= 4 is 0 Å². The maximum absolute atomic E-state index is 13.3. The fourth-order valence-electron chi connectivity index (χ4n) is 1.77. The molecule has 0 bridgehead atoms. The van der Waals surface area contributed by atoms with Gasteiger partial charge in [-0.05, 0) is 31.5 Å². The van der Waals surface area contributed by atoms with E-state index in [0.717, 1.165) is 23.4 Å². The molecule has 1 N–H and O–H groups in total. The highest BCUT2D eigenvalue weighted by atomic mass is 19.1. The number of benzene rings is 1. The van der Waals surface area contributed by atoms with E-state index in [9.17, 15) is 4.39 Å². The zero-order valence-electron chi connectivity index (χ0n) is 9.96. The van der Waals surface area contributed by atoms with Crippen molar-refractivity contribution in [1.82, 2.24) is 10.2 Å². The van der Waals surface area contributed by atoms with Crippen molar-refractivity contribution in [2.75, 3.05) is 6.61 Å². The van der Waals surface area contributed by atoms with Crippen LogP contribution in [0, 0.1) is 19.7 Å². The number of nitrogens with one attached hydrogen (secondary N) is 1. The van der Waals surface area contributed by atoms with Gasteiger partial charge in [0.25, 0.3) is 0 Å². The highest BCUT2D eigenvalue weighted by Gasteiger charge is 2.07. The minimum absolute atomic E-state index is 0.298. The van der Waals surface area contributed by atoms with Gasteiger partial charge >= 0.3 is 0 Å². The first kappa shape index (κ1) is 11.6. The van der Waals surface area contributed by atoms with Crippen LogP contribution in [0.3, 0.4) is 0 Å². The quantitative estimate of drug-likeness (QED) is 0.883. The molecule has 1 aromatic heterocycles. The Labute approximate surface area is 99.6 Å². The lowest BCUT2D eigenvalue weighted by atomic mass is 10.1. The van der Waals surface area contributed by atoms with Gasteiger partial charge in [-0.25, -0.2) is 4.39 Å². The SMILES string of the molecule is Cc1n[nH]c(C)c1CCOc1ccccc1F. The van der Waals surface area contributed by atoms with E-state index >= 15 is 0 Å². The number of aromatic amines is 1. The molecule has 3 nitrogen and oxygen atoms in total. The summed E-state index contributed by atoms with van der Waals surface area (Å²) in [6, 6.07) is 6.42. The molecule has 0 saturated carbocycles. The summed E-state index contributed by atoms with van der Waals surface area (Å²) in [5.74, 6) is -0.0283. The molecule has 1 heterocycles. The van der Waals surface area contributed by atoms with Crippen molar-refractivity contribution in [3.63, 3.8) is 0 Å². The van der Waals surface area contributed by atoms with Crippen LogP contribution in [0.25, 0.3) is 0 Å². The molecule has 0 saturated heterocycles. The van der Waals surface area contributed by atoms with Crippen LogP contribution in [0.15, 0.2) is 24.3 Å². The summed E-state index contributed by atoms with van der Waals surface area (Å²) in [7, 11) is 0. The van der Waals surface area contributed by atoms with Gasteiger partial charge in [-0.1, -0.05) is 12.1 Å². The van der Waals surface area contributed by atoms with Gasteiger partial charge in [0.15, 0.2) is 11.6 Å². The topological polar surface area (TPSA) is 37.9 Å². The third-order valence-electron chi connectivity index (χ3n) is 2.73. The molecule has 0 amide bonds. The van der Waals surface area contributed by atoms with Crippen LogP contribution >= 0.6 is 0 Å². The molecule has 0 radical (unpaired) electrons. The molecule has 2 rings (SSSR count). The van der Waals surface area contributed by atoms with Crippen LogP contribution in [0.5, 0.6) is 5.75 Å². The van der Waals surface area contributed by atoms with Crippen LogP contribution in [0.4, 0.5) is 4.39 Å². The van der Waals surface area contributed by atoms with Crippen molar-refractivity contribution in [2.24, 2.45) is 0 Å². The first-order valence-electron chi connectivity index (χ1n) is 5.56. The lowest BCUT2D eigenvalue weighted by molar-refractivity contribution is 0.305. The highest BCUT2D eigenvalue weighted by molar-refractivity contribution is 5.25. The summed E-state index contributed by atoms with van der Waals surface area (Å²) in [5, 5.41) is 7.02. The number of hydrogen-bond acceptors (Lipinski definition) is 2. The zero-order valence-corrected chi connectivity index (χ0v) is 9.96. The van der Waals surface area contributed by atoms with Gasteiger partial charge in [0, 0.05) is 12.1 Å². The molecule has 0 atom stereocenters. The normalized spacial score (nSPS) is 10.5. The number of aryl methyl sites for hydroxylation is 2. The van der Waals surface area contributed by atoms with Crippen LogP contribution in [-0.4, -0.2) is 16.8 Å². The van der Waals surface area contributed by atoms with Gasteiger partial charge in [-0.3, -0.25) is 5.10 Å². The molecular formula is C13H15FN2O. The van der Waals surface area contributed by atoms with Crippen molar-refractivity contribution in [2.45, 2.75) is 20.3 Å². The Bertz CT molecular complexity index is 488. The van der Waals surface area contributed by atoms with Gasteiger partial charge in [-0.2, -0.15) is 5.10 Å². The Balaban J connectivity index is 1.95. The summed E-state index contributed by atoms with van der Waals surface area (Å²) >= 11 is 0. The highest BCUT2D eigenvalue weighted by Crippen LogP contribution is 2.16. The third-order valence-corrected chi connectivity index (χ3v) is 2.73. The van der Waals surface area contributed by atoms with Gasteiger partial charge in [-0.15, -0.1) is 0 Å². The van der Waals surface area contributed by atoms with E-state index < -0.39 is 0 Å². The number of hydrogen-bond donors (Lipinski definition) is 1. The van der Waals surface area contributed by atoms with E-state index in [-0.39, 0.29) is 5.82 Å². The second-order valence-corrected chi connectivity index (χ2v) is 3.94. The molecule has 0 aliphatic rings. The van der Waals surface area contributed by atoms with E-state index in [1.807, 2.05) is 13.8 Å². The average Bonchev–Trinajstić information content (AvgIpc) is 2.63. The predicted octanol–water partition coefficient (Wildman–Crippen LogP) is 2.79. The largest absolute Gasteiger partial charge is 0.490 e. The fourth-order valence-corrected chi connectivity index (χ4v) is 1.77. The number of aromatic nitrogens is 2. The standard InChI is InChI=1S/C13H15FN2O/c1-9-11(10(2)16-15-9)7-8-17-13-6-4-3-5-12(13)14/h3-6H,7-8H2,1-2H3,(H,15,16). The molecule has 4 heteroatoms. The Hall–Kier alpha value is -1.84. The summed E-state index contributed by atoms with van der Waals surface area (Å²) in [6.45, 7) is 4.36. The van der Waals surface area contributed by atoms with Crippen LogP contribution < -0.4 is 4.74 Å². The number of para-hydroxylation sites is 1. The lowest BCUT2D eigenvalue weighted by Crippen LogP contribution is -2.04. The van der Waals surface area contributed by atoms with Crippen LogP contribution in [0.2, 0.25) is 0 Å². The summed E-state index contributed by atoms with van der Waals surface area (Å²) in [6.07, 6.45) is 0.725. The molecule has 0 unspecified atom stereocenters. The molecule has 0 spiro atoms. The number of H-pyrrole nitrogens is 1. The van der Waals surface area contributed by atoms with E-state index in [0.29, 0.717) is 12.4 Å². The molecule has 1 aromatic carbocycles. The molecule has 90 valence electrons. The van der Waals surface area contributed by atoms with Crippen molar-refractivity contribution < 1.29 is 9.13 Å². The molecular weight excluding hydrogens is 219 g/mol. The Morgan fingerprint density at radius 3 is 2.71 bits per heavy atom. The van der Waals surface area contributed by atoms with Crippen molar-refractivity contribution in [3.05, 3.63) is 47.0 Å². The first-order chi connectivity index (χ1) is 8.18. The lowest BCUT2D eigenvalue weighted by Gasteiger charge is -2.06. The van der Waals surface area contributed by atoms with Gasteiger partial charge in [0.1, 0.15) is 0 Å². The second-order valence-electron chi connectivity index (χ2n) is 3.94. The number of rotatable bonds is 4. The van der Waals surface area contributed by atoms with Gasteiger partial charge in [0.2, 0.25) is 0 Å². The van der Waals surface area contributed by atoms with Crippen molar-refractivity contribution in [3.8, 4) is 5.75 Å². The number of halogens is 1. The van der Waals surface area contributed by atoms with Gasteiger partial charge in [0.05, 0.1) is 12.3 Å². The molecule has 2 aromatic rings. The van der Waals surface area contributed by atoms with E-state index in [2.05, 4.69) is 10.2 Å². The predicted molar refractivity (Wildman–Crippen MR) is 63.7 cm³/mol. The van der Waals surface area contributed by atoms with Crippen molar-refractivity contribution in [1.29, 1.82) is 0 Å². The minimum atomic E-state index is -0.326. The third kappa shape index (κ3) is 2.64. The number of nitrogens with zero attached hydrogens (tertiary/aromatic N) is 1. The van der Waals surface area contributed by atoms with Gasteiger partial charge < -0.3 is 4.74 Å². The Kier molecular flexibility index (Phi) is 3.42. The average molecular weight is 234 g/mol. The smallest absolute Gasteiger partial charge is 0.165 e. The fraction of sp³-hybridized carbons (Fsp3) is 0.308. The Morgan fingerprint density at radius 1 is 1.29 bits per heavy atom. The zero-order chi connectivity index (χ0) is 12.3.